The van der Waals surface area contributed by atoms with Gasteiger partial charge in [-0.2, -0.15) is 0 Å². The van der Waals surface area contributed by atoms with Crippen molar-refractivity contribution in [3.8, 4) is 0 Å². The van der Waals surface area contributed by atoms with Crippen LogP contribution in [-0.4, -0.2) is 5.16 Å². The van der Waals surface area contributed by atoms with E-state index in [2.05, 4.69) is 75.4 Å². The van der Waals surface area contributed by atoms with Crippen molar-refractivity contribution in [2.24, 2.45) is 0 Å². The monoisotopic (exact) mass is 306 g/mol. The average Bonchev–Trinajstić information content (AvgIpc) is 2.39. The Morgan fingerprint density at radius 3 is 1.79 bits per heavy atom. The van der Waals surface area contributed by atoms with Crippen LogP contribution in [-0.2, 0) is 11.8 Å². The fraction of sp³-hybridized carbons (Fsp3) is 0.250. The van der Waals surface area contributed by atoms with Gasteiger partial charge in [0.1, 0.15) is 0 Å². The van der Waals surface area contributed by atoms with Gasteiger partial charge in [-0.05, 0) is 17.4 Å². The van der Waals surface area contributed by atoms with Gasteiger partial charge in [0.05, 0.1) is 0 Å². The first kappa shape index (κ1) is 14.8. The van der Waals surface area contributed by atoms with E-state index >= 15 is 0 Å². The van der Waals surface area contributed by atoms with Crippen LogP contribution in [0.15, 0.2) is 65.6 Å². The summed E-state index contributed by atoms with van der Waals surface area (Å²) in [5.41, 5.74) is 0. The van der Waals surface area contributed by atoms with Crippen molar-refractivity contribution in [3.63, 3.8) is 0 Å². The molecule has 0 fully saturated rings. The molecule has 1 unspecified atom stereocenters. The highest BCUT2D eigenvalue weighted by molar-refractivity contribution is 8.73. The Morgan fingerprint density at radius 1 is 0.842 bits per heavy atom. The lowest BCUT2D eigenvalue weighted by Crippen LogP contribution is -2.20. The van der Waals surface area contributed by atoms with E-state index in [1.165, 1.54) is 10.2 Å². The highest BCUT2D eigenvalue weighted by Gasteiger charge is 2.34. The molecule has 0 spiro atoms. The van der Waals surface area contributed by atoms with E-state index in [1.54, 1.807) is 0 Å². The van der Waals surface area contributed by atoms with E-state index in [4.69, 9.17) is 11.8 Å². The zero-order valence-electron chi connectivity index (χ0n) is 11.5. The largest absolute Gasteiger partial charge is 0.0830 e. The van der Waals surface area contributed by atoms with E-state index in [-0.39, 0.29) is 5.16 Å². The van der Waals surface area contributed by atoms with Gasteiger partial charge in [0.15, 0.2) is 0 Å². The molecule has 0 bridgehead atoms. The zero-order chi connectivity index (χ0) is 13.9. The summed E-state index contributed by atoms with van der Waals surface area (Å²) in [6.07, 6.45) is 0. The summed E-state index contributed by atoms with van der Waals surface area (Å²) in [6.45, 7) is 6.78. The summed E-state index contributed by atoms with van der Waals surface area (Å²) in [4.78, 5) is 1.27. The minimum absolute atomic E-state index is 0.101. The first-order valence-corrected chi connectivity index (χ1v) is 10.6. The summed E-state index contributed by atoms with van der Waals surface area (Å²) in [6, 6.07) is 21.1. The van der Waals surface area contributed by atoms with E-state index in [0.29, 0.717) is 0 Å². The summed E-state index contributed by atoms with van der Waals surface area (Å²) in [5, 5.41) is -0.315. The predicted molar refractivity (Wildman–Crippen MR) is 92.4 cm³/mol. The van der Waals surface area contributed by atoms with Crippen molar-refractivity contribution in [1.82, 2.24) is 0 Å². The quantitative estimate of drug-likeness (QED) is 0.706. The molecule has 1 atom stereocenters. The zero-order valence-corrected chi connectivity index (χ0v) is 14.1. The van der Waals surface area contributed by atoms with Crippen LogP contribution in [0.4, 0.5) is 0 Å². The maximum atomic E-state index is 6.16. The van der Waals surface area contributed by atoms with Crippen LogP contribution in [0.3, 0.4) is 0 Å². The molecule has 0 aliphatic rings. The van der Waals surface area contributed by atoms with Crippen molar-refractivity contribution < 1.29 is 0 Å². The van der Waals surface area contributed by atoms with Gasteiger partial charge in [-0.25, -0.2) is 0 Å². The SMILES string of the molecule is CC(C)(C)P(=S)(Sc1ccccc1)c1ccccc1. The maximum absolute atomic E-state index is 6.16. The molecule has 3 heteroatoms. The maximum Gasteiger partial charge on any atom is 0.0436 e. The molecule has 0 nitrogen and oxygen atoms in total. The highest BCUT2D eigenvalue weighted by Crippen LogP contribution is 2.69. The standard InChI is InChI=1S/C16H19PS2/c1-16(2,3)17(18,14-10-6-4-7-11-14)19-15-12-8-5-9-13-15/h4-13H,1-3H3. The van der Waals surface area contributed by atoms with Crippen molar-refractivity contribution in [3.05, 3.63) is 60.7 Å². The summed E-state index contributed by atoms with van der Waals surface area (Å²) in [7, 11) is 0. The highest BCUT2D eigenvalue weighted by atomic mass is 32.9. The van der Waals surface area contributed by atoms with Crippen molar-refractivity contribution in [2.75, 3.05) is 0 Å². The van der Waals surface area contributed by atoms with Gasteiger partial charge in [0.25, 0.3) is 0 Å². The summed E-state index contributed by atoms with van der Waals surface area (Å²) >= 11 is 8.04. The molecule has 0 heterocycles. The Hall–Kier alpha value is -0.560. The first-order chi connectivity index (χ1) is 8.93. The molecule has 0 radical (unpaired) electrons. The number of hydrogen-bond donors (Lipinski definition) is 0. The molecule has 0 N–H and O–H groups in total. The van der Waals surface area contributed by atoms with Crippen molar-refractivity contribution >= 4 is 33.7 Å². The van der Waals surface area contributed by atoms with E-state index in [9.17, 15) is 0 Å². The third-order valence-electron chi connectivity index (χ3n) is 2.96. The minimum Gasteiger partial charge on any atom is -0.0830 e. The van der Waals surface area contributed by atoms with Gasteiger partial charge >= 0.3 is 0 Å². The normalized spacial score (nSPS) is 14.9. The molecular formula is C16H19PS2. The Balaban J connectivity index is 2.46. The second kappa shape index (κ2) is 5.83. The van der Waals surface area contributed by atoms with E-state index < -0.39 is 5.24 Å². The van der Waals surface area contributed by atoms with Crippen LogP contribution >= 0.6 is 16.6 Å². The second-order valence-corrected chi connectivity index (χ2v) is 13.6. The Morgan fingerprint density at radius 2 is 1.32 bits per heavy atom. The van der Waals surface area contributed by atoms with Crippen molar-refractivity contribution in [2.45, 2.75) is 30.8 Å². The van der Waals surface area contributed by atoms with Gasteiger partial charge < -0.3 is 0 Å². The average molecular weight is 306 g/mol. The lowest BCUT2D eigenvalue weighted by Gasteiger charge is -2.35. The van der Waals surface area contributed by atoms with Gasteiger partial charge in [-0.15, -0.1) is 0 Å². The fourth-order valence-electron chi connectivity index (χ4n) is 1.83. The lowest BCUT2D eigenvalue weighted by molar-refractivity contribution is 0.795. The van der Waals surface area contributed by atoms with Crippen LogP contribution in [0.1, 0.15) is 20.8 Å². The lowest BCUT2D eigenvalue weighted by atomic mass is 10.3. The molecule has 100 valence electrons. The minimum atomic E-state index is -1.73. The van der Waals surface area contributed by atoms with E-state index in [1.807, 2.05) is 17.4 Å². The molecule has 0 aliphatic carbocycles. The van der Waals surface area contributed by atoms with Crippen LogP contribution in [0.25, 0.3) is 0 Å². The topological polar surface area (TPSA) is 0 Å². The third kappa shape index (κ3) is 3.31. The van der Waals surface area contributed by atoms with Gasteiger partial charge in [0, 0.05) is 15.3 Å². The molecule has 19 heavy (non-hydrogen) atoms. The Kier molecular flexibility index (Phi) is 4.55. The van der Waals surface area contributed by atoms with Crippen LogP contribution in [0.2, 0.25) is 0 Å². The predicted octanol–water partition coefficient (Wildman–Crippen LogP) is 5.30. The van der Waals surface area contributed by atoms with Gasteiger partial charge in [-0.1, -0.05) is 92.5 Å². The Labute approximate surface area is 125 Å². The molecule has 0 aliphatic heterocycles. The molecule has 2 aromatic carbocycles. The van der Waals surface area contributed by atoms with Crippen LogP contribution in [0, 0.1) is 0 Å². The van der Waals surface area contributed by atoms with E-state index in [0.717, 1.165) is 0 Å². The smallest absolute Gasteiger partial charge is 0.0436 e. The van der Waals surface area contributed by atoms with Crippen LogP contribution in [0.5, 0.6) is 0 Å². The van der Waals surface area contributed by atoms with Gasteiger partial charge in [0.2, 0.25) is 0 Å². The fourth-order valence-corrected chi connectivity index (χ4v) is 8.02. The summed E-state index contributed by atoms with van der Waals surface area (Å²) < 4.78 is 0. The first-order valence-electron chi connectivity index (χ1n) is 6.34. The number of hydrogen-bond acceptors (Lipinski definition) is 2. The number of benzene rings is 2. The molecule has 2 rings (SSSR count). The molecule has 0 saturated carbocycles. The van der Waals surface area contributed by atoms with Crippen molar-refractivity contribution in [1.29, 1.82) is 0 Å². The second-order valence-electron chi connectivity index (χ2n) is 5.46. The van der Waals surface area contributed by atoms with Gasteiger partial charge in [-0.3, -0.25) is 0 Å². The molecular weight excluding hydrogens is 287 g/mol. The Bertz CT molecular complexity index is 571. The third-order valence-corrected chi connectivity index (χ3v) is 13.1. The molecule has 2 aromatic rings. The summed E-state index contributed by atoms with van der Waals surface area (Å²) in [5.74, 6) is 0. The molecule has 0 amide bonds. The number of rotatable bonds is 3. The molecule has 0 saturated heterocycles. The molecule has 0 aromatic heterocycles. The van der Waals surface area contributed by atoms with Crippen LogP contribution < -0.4 is 5.30 Å².